The van der Waals surface area contributed by atoms with Crippen molar-refractivity contribution in [2.24, 2.45) is 5.10 Å². The first-order valence-electron chi connectivity index (χ1n) is 10.4. The van der Waals surface area contributed by atoms with Gasteiger partial charge in [-0.3, -0.25) is 9.59 Å². The van der Waals surface area contributed by atoms with E-state index in [4.69, 9.17) is 9.47 Å². The molecular formula is C25H22N4O5. The number of benzene rings is 3. The van der Waals surface area contributed by atoms with Gasteiger partial charge in [0.2, 0.25) is 0 Å². The Morgan fingerprint density at radius 2 is 1.82 bits per heavy atom. The molecule has 0 aliphatic rings. The van der Waals surface area contributed by atoms with Crippen LogP contribution in [-0.4, -0.2) is 35.5 Å². The van der Waals surface area contributed by atoms with E-state index in [0.717, 1.165) is 10.2 Å². The van der Waals surface area contributed by atoms with Crippen molar-refractivity contribution in [3.8, 4) is 11.5 Å². The number of aromatic amines is 1. The van der Waals surface area contributed by atoms with Crippen LogP contribution in [0.4, 0.5) is 5.69 Å². The zero-order chi connectivity index (χ0) is 24.1. The average Bonchev–Trinajstić information content (AvgIpc) is 2.84. The van der Waals surface area contributed by atoms with E-state index in [9.17, 15) is 14.4 Å². The molecule has 34 heavy (non-hydrogen) atoms. The number of hydrogen-bond donors (Lipinski definition) is 2. The number of aryl methyl sites for hydroxylation is 1. The van der Waals surface area contributed by atoms with Gasteiger partial charge in [-0.25, -0.2) is 4.79 Å². The lowest BCUT2D eigenvalue weighted by Crippen LogP contribution is -2.32. The molecule has 0 radical (unpaired) electrons. The monoisotopic (exact) mass is 458 g/mol. The van der Waals surface area contributed by atoms with Gasteiger partial charge in [0.1, 0.15) is 0 Å². The van der Waals surface area contributed by atoms with Crippen LogP contribution >= 0.6 is 0 Å². The summed E-state index contributed by atoms with van der Waals surface area (Å²) in [6.45, 7) is 1.69. The molecule has 0 aliphatic heterocycles. The molecule has 9 heteroatoms. The Labute approximate surface area is 194 Å². The molecule has 0 saturated carbocycles. The number of ether oxygens (including phenoxy) is 2. The third-order valence-corrected chi connectivity index (χ3v) is 5.07. The first kappa shape index (κ1) is 22.5. The highest BCUT2D eigenvalue weighted by Crippen LogP contribution is 2.27. The largest absolute Gasteiger partial charge is 0.493 e. The molecule has 0 unspecified atom stereocenters. The second-order valence-corrected chi connectivity index (χ2v) is 7.40. The summed E-state index contributed by atoms with van der Waals surface area (Å²) in [5.74, 6) is 0.421. The molecule has 0 bridgehead atoms. The van der Waals surface area contributed by atoms with Gasteiger partial charge in [-0.15, -0.1) is 4.68 Å². The van der Waals surface area contributed by atoms with Gasteiger partial charge in [0.25, 0.3) is 11.5 Å². The molecule has 0 aliphatic carbocycles. The zero-order valence-electron chi connectivity index (χ0n) is 18.6. The van der Waals surface area contributed by atoms with Crippen LogP contribution in [0, 0.1) is 6.92 Å². The lowest BCUT2D eigenvalue weighted by Gasteiger charge is -2.12. The summed E-state index contributed by atoms with van der Waals surface area (Å²) in [5.41, 5.74) is 1.50. The Balaban J connectivity index is 1.49. The summed E-state index contributed by atoms with van der Waals surface area (Å²) in [4.78, 5) is 39.7. The minimum absolute atomic E-state index is 0.208. The number of nitrogens with one attached hydrogen (secondary N) is 2. The predicted octanol–water partition coefficient (Wildman–Crippen LogP) is 2.91. The molecule has 4 aromatic rings. The van der Waals surface area contributed by atoms with Crippen LogP contribution in [0.5, 0.6) is 11.5 Å². The fourth-order valence-electron chi connectivity index (χ4n) is 3.31. The molecule has 0 spiro atoms. The maximum absolute atomic E-state index is 12.6. The van der Waals surface area contributed by atoms with Crippen molar-refractivity contribution in [1.29, 1.82) is 0 Å². The Kier molecular flexibility index (Phi) is 6.54. The number of para-hydroxylation sites is 2. The molecule has 172 valence electrons. The summed E-state index contributed by atoms with van der Waals surface area (Å²) in [6.07, 6.45) is 1.36. The normalized spacial score (nSPS) is 11.0. The van der Waals surface area contributed by atoms with Crippen molar-refractivity contribution in [2.45, 2.75) is 6.92 Å². The van der Waals surface area contributed by atoms with E-state index in [2.05, 4.69) is 15.4 Å². The van der Waals surface area contributed by atoms with Crippen LogP contribution in [0.2, 0.25) is 0 Å². The summed E-state index contributed by atoms with van der Waals surface area (Å²) >= 11 is 0. The Bertz CT molecular complexity index is 1500. The highest BCUT2D eigenvalue weighted by molar-refractivity contribution is 5.92. The quantitative estimate of drug-likeness (QED) is 0.413. The standard InChI is InChI=1S/C25H22N4O5/c1-16-7-3-5-9-19(16)27-23(30)15-34-21-12-11-17(13-22(21)33-2)14-26-29-24(31)18-8-4-6-10-20(18)28-25(29)32/h3-14H,15H2,1-2H3,(H,27,30)(H,28,32). The van der Waals surface area contributed by atoms with Crippen LogP contribution in [0.15, 0.2) is 81.4 Å². The predicted molar refractivity (Wildman–Crippen MR) is 130 cm³/mol. The van der Waals surface area contributed by atoms with E-state index in [1.165, 1.54) is 13.3 Å². The molecule has 1 heterocycles. The average molecular weight is 458 g/mol. The van der Waals surface area contributed by atoms with E-state index in [1.54, 1.807) is 42.5 Å². The van der Waals surface area contributed by atoms with E-state index in [0.29, 0.717) is 33.7 Å². The minimum Gasteiger partial charge on any atom is -0.493 e. The molecule has 0 fully saturated rings. The second kappa shape index (κ2) is 9.86. The summed E-state index contributed by atoms with van der Waals surface area (Å²) in [5, 5.41) is 7.19. The van der Waals surface area contributed by atoms with Gasteiger partial charge >= 0.3 is 5.69 Å². The Morgan fingerprint density at radius 1 is 1.06 bits per heavy atom. The van der Waals surface area contributed by atoms with Gasteiger partial charge in [0.15, 0.2) is 18.1 Å². The van der Waals surface area contributed by atoms with Crippen LogP contribution in [0.1, 0.15) is 11.1 Å². The number of methoxy groups -OCH3 is 1. The molecular weight excluding hydrogens is 436 g/mol. The maximum Gasteiger partial charge on any atom is 0.349 e. The smallest absolute Gasteiger partial charge is 0.349 e. The molecule has 1 amide bonds. The number of carbonyl (C=O) groups excluding carboxylic acids is 1. The van der Waals surface area contributed by atoms with Crippen molar-refractivity contribution >= 4 is 28.7 Å². The highest BCUT2D eigenvalue weighted by atomic mass is 16.5. The van der Waals surface area contributed by atoms with Gasteiger partial charge in [-0.1, -0.05) is 30.3 Å². The summed E-state index contributed by atoms with van der Waals surface area (Å²) in [7, 11) is 1.47. The van der Waals surface area contributed by atoms with Crippen LogP contribution < -0.4 is 26.0 Å². The zero-order valence-corrected chi connectivity index (χ0v) is 18.6. The van der Waals surface area contributed by atoms with Crippen LogP contribution in [-0.2, 0) is 4.79 Å². The Hall–Kier alpha value is -4.66. The number of H-pyrrole nitrogens is 1. The summed E-state index contributed by atoms with van der Waals surface area (Å²) < 4.78 is 11.7. The fourth-order valence-corrected chi connectivity index (χ4v) is 3.31. The van der Waals surface area contributed by atoms with Gasteiger partial charge in [-0.05, 0) is 54.4 Å². The van der Waals surface area contributed by atoms with Crippen molar-refractivity contribution in [3.63, 3.8) is 0 Å². The molecule has 0 saturated heterocycles. The van der Waals surface area contributed by atoms with Crippen LogP contribution in [0.25, 0.3) is 10.9 Å². The molecule has 4 rings (SSSR count). The van der Waals surface area contributed by atoms with Crippen molar-refractivity contribution in [3.05, 3.63) is 98.7 Å². The number of anilines is 1. The third kappa shape index (κ3) is 4.88. The first-order valence-corrected chi connectivity index (χ1v) is 10.4. The van der Waals surface area contributed by atoms with Gasteiger partial charge < -0.3 is 19.8 Å². The van der Waals surface area contributed by atoms with Crippen molar-refractivity contribution < 1.29 is 14.3 Å². The van der Waals surface area contributed by atoms with E-state index >= 15 is 0 Å². The number of carbonyl (C=O) groups is 1. The number of rotatable bonds is 7. The number of fused-ring (bicyclic) bond motifs is 1. The number of hydrogen-bond acceptors (Lipinski definition) is 6. The molecule has 0 atom stereocenters. The Morgan fingerprint density at radius 3 is 2.62 bits per heavy atom. The van der Waals surface area contributed by atoms with E-state index in [1.807, 2.05) is 31.2 Å². The third-order valence-electron chi connectivity index (χ3n) is 5.07. The minimum atomic E-state index is -0.647. The van der Waals surface area contributed by atoms with Gasteiger partial charge in [0.05, 0.1) is 24.2 Å². The molecule has 2 N–H and O–H groups in total. The SMILES string of the molecule is COc1cc(C=Nn2c(=O)[nH]c3ccccc3c2=O)ccc1OCC(=O)Nc1ccccc1C. The first-order chi connectivity index (χ1) is 16.5. The van der Waals surface area contributed by atoms with E-state index < -0.39 is 11.2 Å². The maximum atomic E-state index is 12.6. The second-order valence-electron chi connectivity index (χ2n) is 7.40. The topological polar surface area (TPSA) is 115 Å². The fraction of sp³-hybridized carbons (Fsp3) is 0.120. The molecule has 3 aromatic carbocycles. The van der Waals surface area contributed by atoms with Crippen molar-refractivity contribution in [1.82, 2.24) is 9.66 Å². The van der Waals surface area contributed by atoms with Crippen LogP contribution in [0.3, 0.4) is 0 Å². The van der Waals surface area contributed by atoms with E-state index in [-0.39, 0.29) is 12.5 Å². The lowest BCUT2D eigenvalue weighted by molar-refractivity contribution is -0.118. The summed E-state index contributed by atoms with van der Waals surface area (Å²) in [6, 6.07) is 19.1. The number of amides is 1. The number of nitrogens with zero attached hydrogens (tertiary/aromatic N) is 2. The van der Waals surface area contributed by atoms with Gasteiger partial charge in [-0.2, -0.15) is 5.10 Å². The number of aromatic nitrogens is 2. The van der Waals surface area contributed by atoms with Gasteiger partial charge in [0, 0.05) is 5.69 Å². The highest BCUT2D eigenvalue weighted by Gasteiger charge is 2.10. The lowest BCUT2D eigenvalue weighted by atomic mass is 10.2. The molecule has 9 nitrogen and oxygen atoms in total. The van der Waals surface area contributed by atoms with Crippen molar-refractivity contribution in [2.75, 3.05) is 19.0 Å². The molecule has 1 aromatic heterocycles.